The van der Waals surface area contributed by atoms with Crippen molar-refractivity contribution in [3.05, 3.63) is 11.8 Å². The summed E-state index contributed by atoms with van der Waals surface area (Å²) in [6.07, 6.45) is 6.30. The van der Waals surface area contributed by atoms with E-state index < -0.39 is 0 Å². The Hall–Kier alpha value is -0.990. The van der Waals surface area contributed by atoms with E-state index in [0.29, 0.717) is 6.61 Å². The summed E-state index contributed by atoms with van der Waals surface area (Å²) >= 11 is 0. The Morgan fingerprint density at radius 2 is 2.54 bits per heavy atom. The molecule has 0 aromatic carbocycles. The number of carbonyl (C=O) groups is 1. The van der Waals surface area contributed by atoms with E-state index >= 15 is 0 Å². The molecule has 2 aliphatic rings. The first-order valence-corrected chi connectivity index (χ1v) is 4.98. The summed E-state index contributed by atoms with van der Waals surface area (Å²) in [7, 11) is 0. The minimum Gasteiger partial charge on any atom is -0.447 e. The van der Waals surface area contributed by atoms with Crippen molar-refractivity contribution in [3.63, 3.8) is 0 Å². The SMILES string of the molecule is CC[C@@H]1COC(=O)N1C1=CCCC1. The molecule has 2 rings (SSSR count). The van der Waals surface area contributed by atoms with Gasteiger partial charge in [-0.2, -0.15) is 0 Å². The van der Waals surface area contributed by atoms with Gasteiger partial charge < -0.3 is 4.74 Å². The van der Waals surface area contributed by atoms with Gasteiger partial charge in [-0.1, -0.05) is 13.0 Å². The number of rotatable bonds is 2. The summed E-state index contributed by atoms with van der Waals surface area (Å²) in [4.78, 5) is 13.2. The molecule has 0 unspecified atom stereocenters. The smallest absolute Gasteiger partial charge is 0.414 e. The maximum absolute atomic E-state index is 11.4. The van der Waals surface area contributed by atoms with E-state index in [9.17, 15) is 4.79 Å². The lowest BCUT2D eigenvalue weighted by molar-refractivity contribution is 0.164. The van der Waals surface area contributed by atoms with Gasteiger partial charge in [0.2, 0.25) is 0 Å². The molecule has 1 aliphatic carbocycles. The normalized spacial score (nSPS) is 27.8. The first-order valence-electron chi connectivity index (χ1n) is 4.98. The van der Waals surface area contributed by atoms with Gasteiger partial charge in [0.15, 0.2) is 0 Å². The maximum atomic E-state index is 11.4. The van der Waals surface area contributed by atoms with Gasteiger partial charge in [-0.05, 0) is 25.7 Å². The number of nitrogens with zero attached hydrogens (tertiary/aromatic N) is 1. The van der Waals surface area contributed by atoms with Gasteiger partial charge in [0.05, 0.1) is 6.04 Å². The summed E-state index contributed by atoms with van der Waals surface area (Å²) in [6.45, 7) is 2.65. The standard InChI is InChI=1S/C10H15NO2/c1-2-8-7-13-10(12)11(8)9-5-3-4-6-9/h5,8H,2-4,6-7H2,1H3/t8-/m1/s1. The second kappa shape index (κ2) is 3.40. The third-order valence-electron chi connectivity index (χ3n) is 2.76. The van der Waals surface area contributed by atoms with Crippen molar-refractivity contribution in [2.75, 3.05) is 6.61 Å². The zero-order valence-electron chi connectivity index (χ0n) is 7.95. The molecule has 1 aliphatic heterocycles. The molecule has 1 amide bonds. The molecule has 0 radical (unpaired) electrons. The predicted octanol–water partition coefficient (Wildman–Crippen LogP) is 2.29. The quantitative estimate of drug-likeness (QED) is 0.654. The zero-order valence-corrected chi connectivity index (χ0v) is 7.95. The summed E-state index contributed by atoms with van der Waals surface area (Å²) in [5.41, 5.74) is 1.18. The molecular formula is C10H15NO2. The van der Waals surface area contributed by atoms with Gasteiger partial charge >= 0.3 is 6.09 Å². The van der Waals surface area contributed by atoms with Crippen LogP contribution in [0.2, 0.25) is 0 Å². The molecule has 3 nitrogen and oxygen atoms in total. The Kier molecular flexibility index (Phi) is 2.25. The van der Waals surface area contributed by atoms with Crippen molar-refractivity contribution in [1.82, 2.24) is 4.90 Å². The second-order valence-corrected chi connectivity index (χ2v) is 3.60. The van der Waals surface area contributed by atoms with Crippen LogP contribution in [-0.2, 0) is 4.74 Å². The highest BCUT2D eigenvalue weighted by Crippen LogP contribution is 2.28. The van der Waals surface area contributed by atoms with Crippen LogP contribution >= 0.6 is 0 Å². The van der Waals surface area contributed by atoms with Crippen LogP contribution in [0, 0.1) is 0 Å². The van der Waals surface area contributed by atoms with Gasteiger partial charge in [-0.3, -0.25) is 4.90 Å². The number of hydrogen-bond donors (Lipinski definition) is 0. The van der Waals surface area contributed by atoms with E-state index in [1.54, 1.807) is 0 Å². The Morgan fingerprint density at radius 1 is 1.69 bits per heavy atom. The minimum absolute atomic E-state index is 0.153. The minimum atomic E-state index is -0.153. The monoisotopic (exact) mass is 181 g/mol. The first-order chi connectivity index (χ1) is 6.33. The van der Waals surface area contributed by atoms with Gasteiger partial charge in [-0.25, -0.2) is 4.79 Å². The topological polar surface area (TPSA) is 29.5 Å². The Labute approximate surface area is 78.4 Å². The van der Waals surface area contributed by atoms with E-state index in [1.807, 2.05) is 4.90 Å². The largest absolute Gasteiger partial charge is 0.447 e. The van der Waals surface area contributed by atoms with Crippen molar-refractivity contribution in [1.29, 1.82) is 0 Å². The molecular weight excluding hydrogens is 166 g/mol. The Morgan fingerprint density at radius 3 is 3.15 bits per heavy atom. The van der Waals surface area contributed by atoms with Crippen molar-refractivity contribution < 1.29 is 9.53 Å². The van der Waals surface area contributed by atoms with Gasteiger partial charge in [0.25, 0.3) is 0 Å². The second-order valence-electron chi connectivity index (χ2n) is 3.60. The lowest BCUT2D eigenvalue weighted by Gasteiger charge is -2.20. The van der Waals surface area contributed by atoms with Crippen LogP contribution in [-0.4, -0.2) is 23.6 Å². The van der Waals surface area contributed by atoms with Crippen LogP contribution in [0.3, 0.4) is 0 Å². The highest BCUT2D eigenvalue weighted by Gasteiger charge is 2.34. The molecule has 1 atom stereocenters. The van der Waals surface area contributed by atoms with Crippen molar-refractivity contribution in [3.8, 4) is 0 Å². The van der Waals surface area contributed by atoms with Crippen LogP contribution < -0.4 is 0 Å². The lowest BCUT2D eigenvalue weighted by atomic mass is 10.2. The highest BCUT2D eigenvalue weighted by atomic mass is 16.6. The van der Waals surface area contributed by atoms with E-state index in [0.717, 1.165) is 19.3 Å². The predicted molar refractivity (Wildman–Crippen MR) is 49.2 cm³/mol. The van der Waals surface area contributed by atoms with Gasteiger partial charge in [0.1, 0.15) is 6.61 Å². The summed E-state index contributed by atoms with van der Waals surface area (Å²) in [5, 5.41) is 0. The fraction of sp³-hybridized carbons (Fsp3) is 0.700. The number of allylic oxidation sites excluding steroid dienone is 2. The van der Waals surface area contributed by atoms with E-state index in [1.165, 1.54) is 12.1 Å². The summed E-state index contributed by atoms with van der Waals surface area (Å²) < 4.78 is 5.03. The van der Waals surface area contributed by atoms with Crippen LogP contribution in [0.25, 0.3) is 0 Å². The fourth-order valence-electron chi connectivity index (χ4n) is 1.99. The molecule has 0 spiro atoms. The molecule has 1 fully saturated rings. The molecule has 13 heavy (non-hydrogen) atoms. The average Bonchev–Trinajstić information content (AvgIpc) is 2.72. The first kappa shape index (κ1) is 8.60. The van der Waals surface area contributed by atoms with Crippen LogP contribution in [0.4, 0.5) is 4.79 Å². The molecule has 0 aromatic rings. The van der Waals surface area contributed by atoms with E-state index in [4.69, 9.17) is 4.74 Å². The molecule has 1 saturated heterocycles. The molecule has 1 heterocycles. The Bertz CT molecular complexity index is 247. The number of cyclic esters (lactones) is 1. The lowest BCUT2D eigenvalue weighted by Crippen LogP contribution is -2.31. The number of carbonyl (C=O) groups excluding carboxylic acids is 1. The molecule has 0 N–H and O–H groups in total. The third kappa shape index (κ3) is 1.43. The van der Waals surface area contributed by atoms with Crippen molar-refractivity contribution >= 4 is 6.09 Å². The van der Waals surface area contributed by atoms with Crippen LogP contribution in [0.1, 0.15) is 32.6 Å². The van der Waals surface area contributed by atoms with Crippen molar-refractivity contribution in [2.24, 2.45) is 0 Å². The summed E-state index contributed by atoms with van der Waals surface area (Å²) in [6, 6.07) is 0.275. The molecule has 3 heteroatoms. The van der Waals surface area contributed by atoms with Crippen LogP contribution in [0.15, 0.2) is 11.8 Å². The zero-order chi connectivity index (χ0) is 9.26. The molecule has 72 valence electrons. The fourth-order valence-corrected chi connectivity index (χ4v) is 1.99. The third-order valence-corrected chi connectivity index (χ3v) is 2.76. The molecule has 0 bridgehead atoms. The number of hydrogen-bond acceptors (Lipinski definition) is 2. The molecule has 0 saturated carbocycles. The Balaban J connectivity index is 2.14. The highest BCUT2D eigenvalue weighted by molar-refractivity contribution is 5.72. The number of amides is 1. The number of ether oxygens (including phenoxy) is 1. The maximum Gasteiger partial charge on any atom is 0.414 e. The molecule has 0 aromatic heterocycles. The van der Waals surface area contributed by atoms with Gasteiger partial charge in [0, 0.05) is 5.70 Å². The average molecular weight is 181 g/mol. The van der Waals surface area contributed by atoms with Crippen LogP contribution in [0.5, 0.6) is 0 Å². The van der Waals surface area contributed by atoms with Crippen molar-refractivity contribution in [2.45, 2.75) is 38.6 Å². The summed E-state index contributed by atoms with van der Waals surface area (Å²) in [5.74, 6) is 0. The van der Waals surface area contributed by atoms with E-state index in [-0.39, 0.29) is 12.1 Å². The van der Waals surface area contributed by atoms with Gasteiger partial charge in [-0.15, -0.1) is 0 Å². The van der Waals surface area contributed by atoms with E-state index in [2.05, 4.69) is 13.0 Å².